The molecule has 0 atom stereocenters. The monoisotopic (exact) mass is 386 g/mol. The molecule has 2 aromatic rings. The average Bonchev–Trinajstić information content (AvgIpc) is 2.64. The van der Waals surface area contributed by atoms with Crippen LogP contribution in [0.15, 0.2) is 48.0 Å². The molecule has 1 heterocycles. The number of nitrogens with one attached hydrogen (secondary N) is 2. The van der Waals surface area contributed by atoms with Gasteiger partial charge in [-0.2, -0.15) is 0 Å². The molecule has 1 aliphatic rings. The molecular formula is C19H15ClN2O5. The number of carbonyl (C=O) groups excluding carboxylic acids is 3. The maximum atomic E-state index is 11.8. The van der Waals surface area contributed by atoms with E-state index < -0.39 is 17.8 Å². The average molecular weight is 387 g/mol. The summed E-state index contributed by atoms with van der Waals surface area (Å²) in [6.45, 7) is 0.214. The molecule has 0 unspecified atom stereocenters. The maximum absolute atomic E-state index is 11.8. The van der Waals surface area contributed by atoms with Crippen LogP contribution in [0.4, 0.5) is 4.79 Å². The summed E-state index contributed by atoms with van der Waals surface area (Å²) in [6, 6.07) is 11.4. The van der Waals surface area contributed by atoms with Crippen molar-refractivity contribution < 1.29 is 23.9 Å². The van der Waals surface area contributed by atoms with Crippen LogP contribution in [0.25, 0.3) is 6.08 Å². The SMILES string of the molecule is COc1ccc(C=C2C(=O)NC(=O)NC2=O)cc1OCc1ccccc1Cl. The smallest absolute Gasteiger partial charge is 0.328 e. The zero-order valence-electron chi connectivity index (χ0n) is 14.2. The van der Waals surface area contributed by atoms with E-state index in [0.29, 0.717) is 22.1 Å². The number of ether oxygens (including phenoxy) is 2. The molecule has 2 N–H and O–H groups in total. The summed E-state index contributed by atoms with van der Waals surface area (Å²) in [6.07, 6.45) is 1.36. The quantitative estimate of drug-likeness (QED) is 0.608. The zero-order valence-corrected chi connectivity index (χ0v) is 15.0. The predicted molar refractivity (Wildman–Crippen MR) is 98.4 cm³/mol. The Balaban J connectivity index is 1.86. The third-order valence-electron chi connectivity index (χ3n) is 3.78. The number of barbiturate groups is 1. The van der Waals surface area contributed by atoms with Gasteiger partial charge in [-0.25, -0.2) is 4.79 Å². The van der Waals surface area contributed by atoms with Gasteiger partial charge >= 0.3 is 6.03 Å². The first kappa shape index (κ1) is 18.5. The van der Waals surface area contributed by atoms with Crippen LogP contribution in [0.5, 0.6) is 11.5 Å². The number of halogens is 1. The van der Waals surface area contributed by atoms with Crippen molar-refractivity contribution in [1.82, 2.24) is 10.6 Å². The van der Waals surface area contributed by atoms with Crippen molar-refractivity contribution in [3.05, 3.63) is 64.2 Å². The predicted octanol–water partition coefficient (Wildman–Crippen LogP) is 2.68. The fourth-order valence-corrected chi connectivity index (χ4v) is 2.63. The fraction of sp³-hybridized carbons (Fsp3) is 0.105. The number of hydrogen-bond donors (Lipinski definition) is 2. The van der Waals surface area contributed by atoms with Gasteiger partial charge in [-0.05, 0) is 29.8 Å². The molecule has 1 fully saturated rings. The molecule has 8 heteroatoms. The van der Waals surface area contributed by atoms with E-state index in [9.17, 15) is 14.4 Å². The first-order valence-electron chi connectivity index (χ1n) is 7.90. The molecule has 138 valence electrons. The van der Waals surface area contributed by atoms with Gasteiger partial charge in [0.2, 0.25) is 0 Å². The van der Waals surface area contributed by atoms with Gasteiger partial charge in [0, 0.05) is 10.6 Å². The van der Waals surface area contributed by atoms with Gasteiger partial charge in [0.15, 0.2) is 11.5 Å². The molecule has 0 saturated carbocycles. The minimum atomic E-state index is -0.847. The number of imide groups is 2. The van der Waals surface area contributed by atoms with Crippen molar-refractivity contribution in [3.8, 4) is 11.5 Å². The minimum Gasteiger partial charge on any atom is -0.493 e. The summed E-state index contributed by atoms with van der Waals surface area (Å²) >= 11 is 6.13. The Morgan fingerprint density at radius 3 is 2.37 bits per heavy atom. The zero-order chi connectivity index (χ0) is 19.4. The normalized spacial score (nSPS) is 13.7. The Morgan fingerprint density at radius 2 is 1.70 bits per heavy atom. The second kappa shape index (κ2) is 7.92. The number of carbonyl (C=O) groups is 3. The summed E-state index contributed by atoms with van der Waals surface area (Å²) in [5.74, 6) is -0.632. The molecule has 3 rings (SSSR count). The molecule has 27 heavy (non-hydrogen) atoms. The van der Waals surface area contributed by atoms with Gasteiger partial charge in [-0.3, -0.25) is 20.2 Å². The number of amides is 4. The molecule has 0 aliphatic carbocycles. The molecule has 0 spiro atoms. The summed E-state index contributed by atoms with van der Waals surface area (Å²) in [5, 5.41) is 4.62. The van der Waals surface area contributed by atoms with Gasteiger partial charge in [-0.1, -0.05) is 35.9 Å². The van der Waals surface area contributed by atoms with Crippen LogP contribution in [0, 0.1) is 0 Å². The number of urea groups is 1. The van der Waals surface area contributed by atoms with Crippen molar-refractivity contribution in [1.29, 1.82) is 0 Å². The van der Waals surface area contributed by atoms with Crippen molar-refractivity contribution in [2.45, 2.75) is 6.61 Å². The van der Waals surface area contributed by atoms with Gasteiger partial charge in [-0.15, -0.1) is 0 Å². The van der Waals surface area contributed by atoms with Crippen LogP contribution >= 0.6 is 11.6 Å². The maximum Gasteiger partial charge on any atom is 0.328 e. The van der Waals surface area contributed by atoms with E-state index >= 15 is 0 Å². The topological polar surface area (TPSA) is 93.7 Å². The Kier molecular flexibility index (Phi) is 5.42. The summed E-state index contributed by atoms with van der Waals surface area (Å²) in [5.41, 5.74) is 1.14. The van der Waals surface area contributed by atoms with Gasteiger partial charge in [0.25, 0.3) is 11.8 Å². The van der Waals surface area contributed by atoms with Gasteiger partial charge in [0.1, 0.15) is 12.2 Å². The molecule has 0 radical (unpaired) electrons. The number of rotatable bonds is 5. The second-order valence-electron chi connectivity index (χ2n) is 5.59. The Bertz CT molecular complexity index is 933. The van der Waals surface area contributed by atoms with Crippen molar-refractivity contribution in [3.63, 3.8) is 0 Å². The highest BCUT2D eigenvalue weighted by Crippen LogP contribution is 2.30. The lowest BCUT2D eigenvalue weighted by Gasteiger charge is -2.15. The Morgan fingerprint density at radius 1 is 1.00 bits per heavy atom. The highest BCUT2D eigenvalue weighted by molar-refractivity contribution is 6.31. The van der Waals surface area contributed by atoms with Crippen LogP contribution in [0.1, 0.15) is 11.1 Å². The second-order valence-corrected chi connectivity index (χ2v) is 5.99. The third-order valence-corrected chi connectivity index (χ3v) is 4.15. The lowest BCUT2D eigenvalue weighted by molar-refractivity contribution is -0.123. The molecule has 1 saturated heterocycles. The summed E-state index contributed by atoms with van der Waals surface area (Å²) < 4.78 is 11.1. The van der Waals surface area contributed by atoms with Crippen molar-refractivity contribution in [2.24, 2.45) is 0 Å². The number of benzene rings is 2. The number of hydrogen-bond acceptors (Lipinski definition) is 5. The highest BCUT2D eigenvalue weighted by Gasteiger charge is 2.27. The molecule has 7 nitrogen and oxygen atoms in total. The lowest BCUT2D eigenvalue weighted by Crippen LogP contribution is -2.51. The molecule has 2 aromatic carbocycles. The first-order valence-corrected chi connectivity index (χ1v) is 8.28. The molecule has 1 aliphatic heterocycles. The van der Waals surface area contributed by atoms with Gasteiger partial charge < -0.3 is 9.47 Å². The molecular weight excluding hydrogens is 372 g/mol. The van der Waals surface area contributed by atoms with Crippen LogP contribution in [0.3, 0.4) is 0 Å². The Labute approximate surface area is 159 Å². The summed E-state index contributed by atoms with van der Waals surface area (Å²) in [7, 11) is 1.50. The van der Waals surface area contributed by atoms with E-state index in [2.05, 4.69) is 0 Å². The third kappa shape index (κ3) is 4.27. The van der Waals surface area contributed by atoms with Crippen LogP contribution < -0.4 is 20.1 Å². The van der Waals surface area contributed by atoms with Crippen LogP contribution in [-0.4, -0.2) is 25.0 Å². The van der Waals surface area contributed by atoms with E-state index in [-0.39, 0.29) is 12.2 Å². The molecule has 4 amide bonds. The molecule has 0 aromatic heterocycles. The van der Waals surface area contributed by atoms with E-state index in [0.717, 1.165) is 5.56 Å². The van der Waals surface area contributed by atoms with Crippen molar-refractivity contribution in [2.75, 3.05) is 7.11 Å². The lowest BCUT2D eigenvalue weighted by atomic mass is 10.1. The van der Waals surface area contributed by atoms with E-state index in [1.807, 2.05) is 28.8 Å². The fourth-order valence-electron chi connectivity index (χ4n) is 2.44. The van der Waals surface area contributed by atoms with E-state index in [1.165, 1.54) is 13.2 Å². The van der Waals surface area contributed by atoms with Crippen LogP contribution in [-0.2, 0) is 16.2 Å². The largest absolute Gasteiger partial charge is 0.493 e. The Hall–Kier alpha value is -3.32. The highest BCUT2D eigenvalue weighted by atomic mass is 35.5. The van der Waals surface area contributed by atoms with E-state index in [4.69, 9.17) is 21.1 Å². The number of methoxy groups -OCH3 is 1. The standard InChI is InChI=1S/C19H15ClN2O5/c1-26-15-7-6-11(8-13-17(23)21-19(25)22-18(13)24)9-16(15)27-10-12-4-2-3-5-14(12)20/h2-9H,10H2,1H3,(H2,21,22,23,24,25). The van der Waals surface area contributed by atoms with Gasteiger partial charge in [0.05, 0.1) is 7.11 Å². The van der Waals surface area contributed by atoms with Crippen LogP contribution in [0.2, 0.25) is 5.02 Å². The van der Waals surface area contributed by atoms with Crippen molar-refractivity contribution >= 4 is 35.5 Å². The minimum absolute atomic E-state index is 0.183. The summed E-state index contributed by atoms with van der Waals surface area (Å²) in [4.78, 5) is 34.8. The van der Waals surface area contributed by atoms with E-state index in [1.54, 1.807) is 24.3 Å². The molecule has 0 bridgehead atoms. The first-order chi connectivity index (χ1) is 13.0.